The van der Waals surface area contributed by atoms with Crippen molar-refractivity contribution >= 4 is 0 Å². The van der Waals surface area contributed by atoms with Gasteiger partial charge in [0.05, 0.1) is 7.11 Å². The van der Waals surface area contributed by atoms with E-state index in [0.29, 0.717) is 11.8 Å². The van der Waals surface area contributed by atoms with Gasteiger partial charge in [-0.05, 0) is 30.5 Å². The van der Waals surface area contributed by atoms with Gasteiger partial charge in [-0.1, -0.05) is 12.5 Å². The lowest BCUT2D eigenvalue weighted by Gasteiger charge is -2.26. The minimum atomic E-state index is 0.213. The van der Waals surface area contributed by atoms with Crippen molar-refractivity contribution in [3.05, 3.63) is 23.8 Å². The topological polar surface area (TPSA) is 41.5 Å². The number of benzene rings is 1. The fourth-order valence-electron chi connectivity index (χ4n) is 1.72. The van der Waals surface area contributed by atoms with Crippen molar-refractivity contribution < 1.29 is 9.84 Å². The summed E-state index contributed by atoms with van der Waals surface area (Å²) in [6, 6.07) is 6.20. The fraction of sp³-hybridized carbons (Fsp3) is 0.500. The minimum Gasteiger partial charge on any atom is -0.504 e. The Bertz CT molecular complexity index is 334. The Morgan fingerprint density at radius 3 is 2.80 bits per heavy atom. The first-order valence-electron chi connectivity index (χ1n) is 5.39. The Kier molecular flexibility index (Phi) is 3.11. The Hall–Kier alpha value is -1.22. The molecule has 3 heteroatoms. The van der Waals surface area contributed by atoms with E-state index in [4.69, 9.17) is 4.74 Å². The van der Waals surface area contributed by atoms with Crippen molar-refractivity contribution in [2.45, 2.75) is 31.8 Å². The third-order valence-corrected chi connectivity index (χ3v) is 2.94. The zero-order valence-electron chi connectivity index (χ0n) is 8.99. The molecule has 15 heavy (non-hydrogen) atoms. The van der Waals surface area contributed by atoms with Gasteiger partial charge in [0.25, 0.3) is 0 Å². The summed E-state index contributed by atoms with van der Waals surface area (Å²) in [5, 5.41) is 13.0. The molecule has 0 aromatic heterocycles. The molecular formula is C12H17NO2. The predicted molar refractivity (Wildman–Crippen MR) is 59.1 cm³/mol. The standard InChI is InChI=1S/C12H17NO2/c1-15-12-6-5-9(7-11(12)14)8-13-10-3-2-4-10/h5-7,10,13-14H,2-4,8H2,1H3. The van der Waals surface area contributed by atoms with Gasteiger partial charge in [0, 0.05) is 12.6 Å². The van der Waals surface area contributed by atoms with Crippen LogP contribution in [-0.2, 0) is 6.54 Å². The molecule has 0 saturated heterocycles. The fourth-order valence-corrected chi connectivity index (χ4v) is 1.72. The maximum absolute atomic E-state index is 9.57. The van der Waals surface area contributed by atoms with Crippen LogP contribution in [-0.4, -0.2) is 18.3 Å². The maximum Gasteiger partial charge on any atom is 0.160 e. The second-order valence-corrected chi connectivity index (χ2v) is 4.01. The third kappa shape index (κ3) is 2.42. The first-order chi connectivity index (χ1) is 7.29. The van der Waals surface area contributed by atoms with Crippen LogP contribution in [0.2, 0.25) is 0 Å². The molecule has 82 valence electrons. The smallest absolute Gasteiger partial charge is 0.160 e. The molecular weight excluding hydrogens is 190 g/mol. The van der Waals surface area contributed by atoms with Crippen molar-refractivity contribution in [1.29, 1.82) is 0 Å². The Balaban J connectivity index is 1.93. The van der Waals surface area contributed by atoms with Gasteiger partial charge in [0.1, 0.15) is 0 Å². The molecule has 1 fully saturated rings. The van der Waals surface area contributed by atoms with Crippen molar-refractivity contribution in [2.75, 3.05) is 7.11 Å². The molecule has 0 atom stereocenters. The lowest BCUT2D eigenvalue weighted by Crippen LogP contribution is -2.34. The van der Waals surface area contributed by atoms with Crippen LogP contribution < -0.4 is 10.1 Å². The number of ether oxygens (including phenoxy) is 1. The molecule has 0 aliphatic heterocycles. The van der Waals surface area contributed by atoms with E-state index in [0.717, 1.165) is 12.1 Å². The number of hydrogen-bond donors (Lipinski definition) is 2. The molecule has 1 aromatic carbocycles. The molecule has 1 aromatic rings. The number of aromatic hydroxyl groups is 1. The molecule has 0 amide bonds. The summed E-state index contributed by atoms with van der Waals surface area (Å²) in [6.07, 6.45) is 3.90. The van der Waals surface area contributed by atoms with Crippen LogP contribution in [0.25, 0.3) is 0 Å². The van der Waals surface area contributed by atoms with Crippen molar-refractivity contribution in [3.8, 4) is 11.5 Å². The highest BCUT2D eigenvalue weighted by molar-refractivity contribution is 5.41. The van der Waals surface area contributed by atoms with Crippen LogP contribution in [0, 0.1) is 0 Å². The average Bonchev–Trinajstić information content (AvgIpc) is 2.16. The van der Waals surface area contributed by atoms with E-state index in [1.165, 1.54) is 19.3 Å². The summed E-state index contributed by atoms with van der Waals surface area (Å²) in [5.74, 6) is 0.743. The Morgan fingerprint density at radius 1 is 1.47 bits per heavy atom. The van der Waals surface area contributed by atoms with Gasteiger partial charge >= 0.3 is 0 Å². The van der Waals surface area contributed by atoms with Gasteiger partial charge < -0.3 is 15.2 Å². The van der Waals surface area contributed by atoms with Gasteiger partial charge in [-0.25, -0.2) is 0 Å². The van der Waals surface area contributed by atoms with Crippen molar-refractivity contribution in [3.63, 3.8) is 0 Å². The normalized spacial score (nSPS) is 16.1. The molecule has 0 radical (unpaired) electrons. The number of phenols is 1. The Morgan fingerprint density at radius 2 is 2.27 bits per heavy atom. The van der Waals surface area contributed by atoms with Gasteiger partial charge in [-0.15, -0.1) is 0 Å². The molecule has 0 unspecified atom stereocenters. The van der Waals surface area contributed by atoms with Gasteiger partial charge in [0.2, 0.25) is 0 Å². The number of methoxy groups -OCH3 is 1. The van der Waals surface area contributed by atoms with E-state index in [1.807, 2.05) is 6.07 Å². The summed E-state index contributed by atoms with van der Waals surface area (Å²) in [5.41, 5.74) is 1.10. The highest BCUT2D eigenvalue weighted by Gasteiger charge is 2.16. The molecule has 1 saturated carbocycles. The van der Waals surface area contributed by atoms with E-state index >= 15 is 0 Å². The van der Waals surface area contributed by atoms with Crippen LogP contribution in [0.5, 0.6) is 11.5 Å². The van der Waals surface area contributed by atoms with Gasteiger partial charge in [0.15, 0.2) is 11.5 Å². The van der Waals surface area contributed by atoms with E-state index in [-0.39, 0.29) is 5.75 Å². The summed E-state index contributed by atoms with van der Waals surface area (Å²) in [4.78, 5) is 0. The SMILES string of the molecule is COc1ccc(CNC2CCC2)cc1O. The van der Waals surface area contributed by atoms with E-state index in [9.17, 15) is 5.11 Å². The maximum atomic E-state index is 9.57. The second kappa shape index (κ2) is 4.53. The quantitative estimate of drug-likeness (QED) is 0.794. The summed E-state index contributed by atoms with van der Waals surface area (Å²) in [7, 11) is 1.56. The number of rotatable bonds is 4. The van der Waals surface area contributed by atoms with E-state index < -0.39 is 0 Å². The zero-order chi connectivity index (χ0) is 10.7. The molecule has 3 nitrogen and oxygen atoms in total. The molecule has 0 bridgehead atoms. The van der Waals surface area contributed by atoms with Crippen LogP contribution in [0.15, 0.2) is 18.2 Å². The van der Waals surface area contributed by atoms with Crippen LogP contribution in [0.3, 0.4) is 0 Å². The molecule has 0 heterocycles. The number of nitrogens with one attached hydrogen (secondary N) is 1. The van der Waals surface area contributed by atoms with Gasteiger partial charge in [-0.2, -0.15) is 0 Å². The zero-order valence-corrected chi connectivity index (χ0v) is 8.99. The number of phenolic OH excluding ortho intramolecular Hbond substituents is 1. The summed E-state index contributed by atoms with van der Waals surface area (Å²) in [6.45, 7) is 0.822. The first-order valence-corrected chi connectivity index (χ1v) is 5.39. The monoisotopic (exact) mass is 207 g/mol. The molecule has 2 N–H and O–H groups in total. The molecule has 0 spiro atoms. The first kappa shape index (κ1) is 10.3. The Labute approximate surface area is 90.1 Å². The molecule has 2 rings (SSSR count). The lowest BCUT2D eigenvalue weighted by atomic mass is 9.93. The highest BCUT2D eigenvalue weighted by Crippen LogP contribution is 2.26. The summed E-state index contributed by atoms with van der Waals surface area (Å²) >= 11 is 0. The molecule has 1 aliphatic carbocycles. The van der Waals surface area contributed by atoms with Crippen molar-refractivity contribution in [1.82, 2.24) is 5.32 Å². The van der Waals surface area contributed by atoms with E-state index in [1.54, 1.807) is 19.2 Å². The van der Waals surface area contributed by atoms with Crippen molar-refractivity contribution in [2.24, 2.45) is 0 Å². The van der Waals surface area contributed by atoms with Crippen LogP contribution >= 0.6 is 0 Å². The molecule has 1 aliphatic rings. The van der Waals surface area contributed by atoms with E-state index in [2.05, 4.69) is 5.32 Å². The van der Waals surface area contributed by atoms with Crippen LogP contribution in [0.4, 0.5) is 0 Å². The average molecular weight is 207 g/mol. The van der Waals surface area contributed by atoms with Crippen LogP contribution in [0.1, 0.15) is 24.8 Å². The third-order valence-electron chi connectivity index (χ3n) is 2.94. The largest absolute Gasteiger partial charge is 0.504 e. The number of hydrogen-bond acceptors (Lipinski definition) is 3. The lowest BCUT2D eigenvalue weighted by molar-refractivity contribution is 0.337. The second-order valence-electron chi connectivity index (χ2n) is 4.01. The minimum absolute atomic E-state index is 0.213. The highest BCUT2D eigenvalue weighted by atomic mass is 16.5. The predicted octanol–water partition coefficient (Wildman–Crippen LogP) is 2.04. The summed E-state index contributed by atoms with van der Waals surface area (Å²) < 4.78 is 4.99. The van der Waals surface area contributed by atoms with Gasteiger partial charge in [-0.3, -0.25) is 0 Å².